The Morgan fingerprint density at radius 1 is 1.20 bits per heavy atom. The Morgan fingerprint density at radius 3 is 2.25 bits per heavy atom. The van der Waals surface area contributed by atoms with Gasteiger partial charge in [0.1, 0.15) is 0 Å². The minimum atomic E-state index is -0.110. The van der Waals surface area contributed by atoms with Gasteiger partial charge in [-0.2, -0.15) is 0 Å². The maximum Gasteiger partial charge on any atom is 0.0787 e. The van der Waals surface area contributed by atoms with Crippen LogP contribution in [-0.4, -0.2) is 17.2 Å². The van der Waals surface area contributed by atoms with Crippen molar-refractivity contribution in [3.63, 3.8) is 0 Å². The van der Waals surface area contributed by atoms with Crippen LogP contribution in [-0.2, 0) is 4.74 Å². The third-order valence-electron chi connectivity index (χ3n) is 4.36. The Labute approximate surface area is 123 Å². The number of hydrogen-bond donors (Lipinski definition) is 1. The van der Waals surface area contributed by atoms with E-state index in [1.807, 2.05) is 0 Å². The van der Waals surface area contributed by atoms with Gasteiger partial charge >= 0.3 is 0 Å². The fourth-order valence-corrected chi connectivity index (χ4v) is 3.31. The molecule has 2 nitrogen and oxygen atoms in total. The summed E-state index contributed by atoms with van der Waals surface area (Å²) in [6.45, 7) is 13.1. The molecule has 112 valence electrons. The van der Waals surface area contributed by atoms with E-state index in [2.05, 4.69) is 71.1 Å². The third kappa shape index (κ3) is 3.42. The highest BCUT2D eigenvalue weighted by atomic mass is 16.5. The second kappa shape index (κ2) is 5.50. The van der Waals surface area contributed by atoms with Crippen molar-refractivity contribution in [2.45, 2.75) is 77.7 Å². The smallest absolute Gasteiger partial charge is 0.0787 e. The first-order valence-corrected chi connectivity index (χ1v) is 7.76. The van der Waals surface area contributed by atoms with Gasteiger partial charge in [-0.15, -0.1) is 0 Å². The topological polar surface area (TPSA) is 21.3 Å². The lowest BCUT2D eigenvalue weighted by molar-refractivity contribution is -0.0705. The SMILES string of the molecule is CCC(NC1CC(C)(C)OC1(C)C)c1ccc(C)cc1. The molecule has 1 aliphatic heterocycles. The van der Waals surface area contributed by atoms with E-state index in [0.29, 0.717) is 12.1 Å². The molecule has 0 aromatic heterocycles. The van der Waals surface area contributed by atoms with Crippen LogP contribution in [0.15, 0.2) is 24.3 Å². The molecule has 20 heavy (non-hydrogen) atoms. The van der Waals surface area contributed by atoms with Gasteiger partial charge in [0.2, 0.25) is 0 Å². The van der Waals surface area contributed by atoms with Gasteiger partial charge in [0.15, 0.2) is 0 Å². The van der Waals surface area contributed by atoms with Crippen LogP contribution in [0.5, 0.6) is 0 Å². The lowest BCUT2D eigenvalue weighted by Gasteiger charge is -2.31. The average Bonchev–Trinajstić information content (AvgIpc) is 2.55. The molecule has 0 aliphatic carbocycles. The number of ether oxygens (including phenoxy) is 1. The van der Waals surface area contributed by atoms with E-state index in [0.717, 1.165) is 12.8 Å². The highest BCUT2D eigenvalue weighted by Crippen LogP contribution is 2.38. The van der Waals surface area contributed by atoms with Crippen molar-refractivity contribution in [3.8, 4) is 0 Å². The van der Waals surface area contributed by atoms with Gasteiger partial charge < -0.3 is 10.1 Å². The van der Waals surface area contributed by atoms with Gasteiger partial charge in [0, 0.05) is 12.1 Å². The first kappa shape index (κ1) is 15.5. The molecule has 2 atom stereocenters. The van der Waals surface area contributed by atoms with E-state index >= 15 is 0 Å². The Kier molecular flexibility index (Phi) is 4.27. The Bertz CT molecular complexity index is 447. The van der Waals surface area contributed by atoms with Gasteiger partial charge in [-0.05, 0) is 53.0 Å². The van der Waals surface area contributed by atoms with Crippen molar-refractivity contribution in [2.75, 3.05) is 0 Å². The molecular formula is C18H29NO. The molecule has 1 heterocycles. The summed E-state index contributed by atoms with van der Waals surface area (Å²) in [6, 6.07) is 9.66. The molecule has 1 aliphatic rings. The first-order valence-electron chi connectivity index (χ1n) is 7.76. The zero-order valence-corrected chi connectivity index (χ0v) is 13.8. The highest BCUT2D eigenvalue weighted by molar-refractivity contribution is 5.24. The van der Waals surface area contributed by atoms with Gasteiger partial charge in [0.05, 0.1) is 11.2 Å². The molecule has 0 radical (unpaired) electrons. The summed E-state index contributed by atoms with van der Waals surface area (Å²) in [5.74, 6) is 0. The van der Waals surface area contributed by atoms with Crippen LogP contribution in [0.25, 0.3) is 0 Å². The highest BCUT2D eigenvalue weighted by Gasteiger charge is 2.46. The third-order valence-corrected chi connectivity index (χ3v) is 4.36. The molecule has 1 fully saturated rings. The van der Waals surface area contributed by atoms with Crippen molar-refractivity contribution in [1.82, 2.24) is 5.32 Å². The average molecular weight is 275 g/mol. The number of aryl methyl sites for hydroxylation is 1. The fraction of sp³-hybridized carbons (Fsp3) is 0.667. The molecule has 2 heteroatoms. The number of rotatable bonds is 4. The molecule has 0 bridgehead atoms. The van der Waals surface area contributed by atoms with Crippen LogP contribution in [0.3, 0.4) is 0 Å². The zero-order chi connectivity index (χ0) is 15.0. The van der Waals surface area contributed by atoms with Crippen molar-refractivity contribution in [2.24, 2.45) is 0 Å². The first-order chi connectivity index (χ1) is 9.23. The second-order valence-corrected chi connectivity index (χ2v) is 7.26. The number of hydrogen-bond acceptors (Lipinski definition) is 2. The summed E-state index contributed by atoms with van der Waals surface area (Å²) in [5, 5.41) is 3.82. The molecule has 2 unspecified atom stereocenters. The van der Waals surface area contributed by atoms with E-state index in [1.54, 1.807) is 0 Å². The maximum atomic E-state index is 6.19. The Hall–Kier alpha value is -0.860. The lowest BCUT2D eigenvalue weighted by atomic mass is 9.92. The van der Waals surface area contributed by atoms with Crippen LogP contribution < -0.4 is 5.32 Å². The molecule has 0 saturated carbocycles. The number of benzene rings is 1. The molecule has 1 saturated heterocycles. The van der Waals surface area contributed by atoms with Crippen LogP contribution in [0.4, 0.5) is 0 Å². The lowest BCUT2D eigenvalue weighted by Crippen LogP contribution is -2.44. The van der Waals surface area contributed by atoms with E-state index in [9.17, 15) is 0 Å². The summed E-state index contributed by atoms with van der Waals surface area (Å²) in [6.07, 6.45) is 2.15. The Morgan fingerprint density at radius 2 is 1.80 bits per heavy atom. The van der Waals surface area contributed by atoms with Crippen LogP contribution >= 0.6 is 0 Å². The van der Waals surface area contributed by atoms with Gasteiger partial charge in [-0.1, -0.05) is 36.8 Å². The molecule has 2 rings (SSSR count). The zero-order valence-electron chi connectivity index (χ0n) is 13.8. The molecule has 1 N–H and O–H groups in total. The predicted molar refractivity (Wildman–Crippen MR) is 85.0 cm³/mol. The van der Waals surface area contributed by atoms with Crippen molar-refractivity contribution < 1.29 is 4.74 Å². The van der Waals surface area contributed by atoms with Gasteiger partial charge in [-0.3, -0.25) is 0 Å². The second-order valence-electron chi connectivity index (χ2n) is 7.26. The van der Waals surface area contributed by atoms with Crippen LogP contribution in [0.1, 0.15) is 64.6 Å². The van der Waals surface area contributed by atoms with Crippen molar-refractivity contribution in [1.29, 1.82) is 0 Å². The summed E-state index contributed by atoms with van der Waals surface area (Å²) in [4.78, 5) is 0. The summed E-state index contributed by atoms with van der Waals surface area (Å²) in [7, 11) is 0. The molecule has 0 amide bonds. The molecule has 0 spiro atoms. The van der Waals surface area contributed by atoms with Crippen LogP contribution in [0, 0.1) is 6.92 Å². The molecule has 1 aromatic carbocycles. The van der Waals surface area contributed by atoms with E-state index in [4.69, 9.17) is 4.74 Å². The maximum absolute atomic E-state index is 6.19. The summed E-state index contributed by atoms with van der Waals surface area (Å²) in [5.41, 5.74) is 2.54. The van der Waals surface area contributed by atoms with Crippen LogP contribution in [0.2, 0.25) is 0 Å². The minimum absolute atomic E-state index is 0.0350. The van der Waals surface area contributed by atoms with Crippen molar-refractivity contribution in [3.05, 3.63) is 35.4 Å². The molecular weight excluding hydrogens is 246 g/mol. The monoisotopic (exact) mass is 275 g/mol. The van der Waals surface area contributed by atoms with Crippen molar-refractivity contribution >= 4 is 0 Å². The van der Waals surface area contributed by atoms with Gasteiger partial charge in [0.25, 0.3) is 0 Å². The summed E-state index contributed by atoms with van der Waals surface area (Å²) >= 11 is 0. The van der Waals surface area contributed by atoms with E-state index in [1.165, 1.54) is 11.1 Å². The minimum Gasteiger partial charge on any atom is -0.368 e. The normalized spacial score (nSPS) is 25.6. The Balaban J connectivity index is 2.12. The van der Waals surface area contributed by atoms with Gasteiger partial charge in [-0.25, -0.2) is 0 Å². The molecule has 1 aromatic rings. The number of nitrogens with one attached hydrogen (secondary N) is 1. The van der Waals surface area contributed by atoms with E-state index < -0.39 is 0 Å². The fourth-order valence-electron chi connectivity index (χ4n) is 3.31. The quantitative estimate of drug-likeness (QED) is 0.880. The van der Waals surface area contributed by atoms with E-state index in [-0.39, 0.29) is 11.2 Å². The largest absolute Gasteiger partial charge is 0.368 e. The predicted octanol–water partition coefficient (Wildman–Crippen LogP) is 4.38. The standard InChI is InChI=1S/C18H29NO/c1-7-15(14-10-8-13(2)9-11-14)19-16-12-17(3,4)20-18(16,5)6/h8-11,15-16,19H,7,12H2,1-6H3. The summed E-state index contributed by atoms with van der Waals surface area (Å²) < 4.78 is 6.19.